The molecule has 33 heavy (non-hydrogen) atoms. The van der Waals surface area contributed by atoms with Crippen molar-refractivity contribution in [2.24, 2.45) is 5.41 Å². The molecule has 170 valence electrons. The zero-order valence-electron chi connectivity index (χ0n) is 18.8. The molecular formula is C26H27N3O3S. The van der Waals surface area contributed by atoms with E-state index >= 15 is 0 Å². The molecule has 1 atom stereocenters. The average molecular weight is 462 g/mol. The smallest absolute Gasteiger partial charge is 0.239 e. The topological polar surface area (TPSA) is 74.6 Å². The summed E-state index contributed by atoms with van der Waals surface area (Å²) in [6.45, 7) is 4.81. The SMILES string of the molecule is CC1(C)CC(=O)C2=C(C1)Nc1ccccc1N(CC(=O)NCc1cccs1)C2c1ccco1. The highest BCUT2D eigenvalue weighted by atomic mass is 32.1. The summed E-state index contributed by atoms with van der Waals surface area (Å²) < 4.78 is 5.84. The van der Waals surface area contributed by atoms with Gasteiger partial charge in [-0.2, -0.15) is 0 Å². The zero-order chi connectivity index (χ0) is 23.0. The number of anilines is 2. The molecule has 0 saturated heterocycles. The maximum Gasteiger partial charge on any atom is 0.239 e. The van der Waals surface area contributed by atoms with Gasteiger partial charge in [-0.05, 0) is 47.5 Å². The van der Waals surface area contributed by atoms with Crippen molar-refractivity contribution in [3.63, 3.8) is 0 Å². The Labute approximate surface area is 197 Å². The van der Waals surface area contributed by atoms with Gasteiger partial charge in [-0.15, -0.1) is 11.3 Å². The van der Waals surface area contributed by atoms with Gasteiger partial charge in [0.1, 0.15) is 11.8 Å². The van der Waals surface area contributed by atoms with Crippen LogP contribution in [0.15, 0.2) is 75.9 Å². The first-order valence-corrected chi connectivity index (χ1v) is 12.0. The van der Waals surface area contributed by atoms with Crippen LogP contribution in [0.3, 0.4) is 0 Å². The molecule has 2 aliphatic rings. The van der Waals surface area contributed by atoms with Gasteiger partial charge in [-0.1, -0.05) is 32.0 Å². The van der Waals surface area contributed by atoms with Crippen LogP contribution < -0.4 is 15.5 Å². The molecule has 1 amide bonds. The van der Waals surface area contributed by atoms with E-state index in [1.54, 1.807) is 17.6 Å². The lowest BCUT2D eigenvalue weighted by molar-refractivity contribution is -0.121. The lowest BCUT2D eigenvalue weighted by Crippen LogP contribution is -2.41. The number of nitrogens with zero attached hydrogens (tertiary/aromatic N) is 1. The van der Waals surface area contributed by atoms with Crippen molar-refractivity contribution < 1.29 is 14.0 Å². The molecule has 5 rings (SSSR count). The standard InChI is InChI=1S/C26H27N3O3S/c1-26(2)13-19-24(21(30)14-26)25(22-10-5-11-32-22)29(20-9-4-3-8-18(20)28-19)16-23(31)27-15-17-7-6-12-33-17/h3-12,25,28H,13-16H2,1-2H3,(H,27,31). The molecule has 1 aliphatic heterocycles. The summed E-state index contributed by atoms with van der Waals surface area (Å²) in [7, 11) is 0. The molecule has 1 aromatic carbocycles. The molecule has 0 bridgehead atoms. The highest BCUT2D eigenvalue weighted by Crippen LogP contribution is 2.48. The minimum absolute atomic E-state index is 0.0898. The molecule has 1 unspecified atom stereocenters. The largest absolute Gasteiger partial charge is 0.467 e. The van der Waals surface area contributed by atoms with Gasteiger partial charge in [0.15, 0.2) is 5.78 Å². The van der Waals surface area contributed by atoms with Crippen LogP contribution in [-0.4, -0.2) is 18.2 Å². The van der Waals surface area contributed by atoms with Gasteiger partial charge < -0.3 is 20.0 Å². The first-order valence-electron chi connectivity index (χ1n) is 11.1. The number of thiophene rings is 1. The Morgan fingerprint density at radius 3 is 2.79 bits per heavy atom. The number of fused-ring (bicyclic) bond motifs is 1. The van der Waals surface area contributed by atoms with E-state index in [0.29, 0.717) is 24.3 Å². The van der Waals surface area contributed by atoms with Crippen molar-refractivity contribution in [1.29, 1.82) is 0 Å². The summed E-state index contributed by atoms with van der Waals surface area (Å²) in [4.78, 5) is 29.7. The Morgan fingerprint density at radius 2 is 2.03 bits per heavy atom. The Balaban J connectivity index is 1.57. The molecule has 3 aromatic rings. The molecule has 0 fully saturated rings. The zero-order valence-corrected chi connectivity index (χ0v) is 19.6. The molecule has 2 aromatic heterocycles. The Bertz CT molecular complexity index is 1200. The molecule has 0 radical (unpaired) electrons. The van der Waals surface area contributed by atoms with Gasteiger partial charge >= 0.3 is 0 Å². The number of nitrogens with one attached hydrogen (secondary N) is 2. The number of para-hydroxylation sites is 2. The molecule has 6 nitrogen and oxygen atoms in total. The van der Waals surface area contributed by atoms with E-state index in [9.17, 15) is 9.59 Å². The normalized spacial score (nSPS) is 19.4. The van der Waals surface area contributed by atoms with Crippen molar-refractivity contribution in [3.05, 3.63) is 82.1 Å². The fraction of sp³-hybridized carbons (Fsp3) is 0.308. The average Bonchev–Trinajstić information content (AvgIpc) is 3.46. The van der Waals surface area contributed by atoms with Crippen molar-refractivity contribution >= 4 is 34.4 Å². The number of carbonyl (C=O) groups is 2. The second-order valence-corrected chi connectivity index (χ2v) is 10.4. The monoisotopic (exact) mass is 461 g/mol. The minimum atomic E-state index is -0.484. The predicted molar refractivity (Wildman–Crippen MR) is 130 cm³/mol. The van der Waals surface area contributed by atoms with Crippen molar-refractivity contribution in [2.45, 2.75) is 39.3 Å². The minimum Gasteiger partial charge on any atom is -0.467 e. The summed E-state index contributed by atoms with van der Waals surface area (Å²) in [5, 5.41) is 8.56. The van der Waals surface area contributed by atoms with Crippen LogP contribution in [0.1, 0.15) is 43.4 Å². The van der Waals surface area contributed by atoms with Gasteiger partial charge in [-0.25, -0.2) is 0 Å². The molecule has 2 N–H and O–H groups in total. The van der Waals surface area contributed by atoms with E-state index in [4.69, 9.17) is 4.42 Å². The van der Waals surface area contributed by atoms with Crippen LogP contribution in [0, 0.1) is 5.41 Å². The fourth-order valence-electron chi connectivity index (χ4n) is 4.78. The third-order valence-electron chi connectivity index (χ3n) is 6.17. The molecule has 0 spiro atoms. The number of furan rings is 1. The van der Waals surface area contributed by atoms with Crippen molar-refractivity contribution in [2.75, 3.05) is 16.8 Å². The predicted octanol–water partition coefficient (Wildman–Crippen LogP) is 5.27. The first-order chi connectivity index (χ1) is 15.9. The number of rotatable bonds is 5. The maximum absolute atomic E-state index is 13.5. The number of amides is 1. The summed E-state index contributed by atoms with van der Waals surface area (Å²) in [6.07, 6.45) is 2.82. The molecule has 1 aliphatic carbocycles. The number of hydrogen-bond acceptors (Lipinski definition) is 6. The van der Waals surface area contributed by atoms with E-state index in [1.807, 2.05) is 58.8 Å². The number of ketones is 1. The van der Waals surface area contributed by atoms with Crippen LogP contribution in [0.4, 0.5) is 11.4 Å². The Kier molecular flexibility index (Phi) is 5.58. The van der Waals surface area contributed by atoms with Gasteiger partial charge in [0, 0.05) is 22.6 Å². The maximum atomic E-state index is 13.5. The van der Waals surface area contributed by atoms with E-state index in [0.717, 1.165) is 28.4 Å². The van der Waals surface area contributed by atoms with E-state index in [-0.39, 0.29) is 23.7 Å². The summed E-state index contributed by atoms with van der Waals surface area (Å²) in [5.41, 5.74) is 3.21. The Hall–Kier alpha value is -3.32. The van der Waals surface area contributed by atoms with Crippen LogP contribution in [0.2, 0.25) is 0 Å². The second kappa shape index (κ2) is 8.56. The summed E-state index contributed by atoms with van der Waals surface area (Å²) in [5.74, 6) is 0.634. The lowest BCUT2D eigenvalue weighted by Gasteiger charge is -2.36. The number of benzene rings is 1. The van der Waals surface area contributed by atoms with Crippen LogP contribution in [0.5, 0.6) is 0 Å². The fourth-order valence-corrected chi connectivity index (χ4v) is 5.42. The number of allylic oxidation sites excluding steroid dienone is 1. The Morgan fingerprint density at radius 1 is 1.18 bits per heavy atom. The summed E-state index contributed by atoms with van der Waals surface area (Å²) >= 11 is 1.61. The third kappa shape index (κ3) is 4.33. The van der Waals surface area contributed by atoms with Gasteiger partial charge in [-0.3, -0.25) is 9.59 Å². The lowest BCUT2D eigenvalue weighted by atomic mass is 9.74. The molecule has 3 heterocycles. The van der Waals surface area contributed by atoms with Crippen molar-refractivity contribution in [1.82, 2.24) is 5.32 Å². The van der Waals surface area contributed by atoms with Crippen LogP contribution >= 0.6 is 11.3 Å². The van der Waals surface area contributed by atoms with Gasteiger partial charge in [0.2, 0.25) is 5.91 Å². The molecular weight excluding hydrogens is 434 g/mol. The highest BCUT2D eigenvalue weighted by molar-refractivity contribution is 7.09. The second-order valence-electron chi connectivity index (χ2n) is 9.38. The molecule has 0 saturated carbocycles. The van der Waals surface area contributed by atoms with E-state index < -0.39 is 6.04 Å². The van der Waals surface area contributed by atoms with Crippen molar-refractivity contribution in [3.8, 4) is 0 Å². The summed E-state index contributed by atoms with van der Waals surface area (Å²) in [6, 6.07) is 15.1. The van der Waals surface area contributed by atoms with Gasteiger partial charge in [0.05, 0.1) is 30.7 Å². The number of carbonyl (C=O) groups excluding carboxylic acids is 2. The number of Topliss-reactive ketones (excluding diaryl/α,β-unsaturated/α-hetero) is 1. The van der Waals surface area contributed by atoms with Gasteiger partial charge in [0.25, 0.3) is 0 Å². The van der Waals surface area contributed by atoms with E-state index in [1.165, 1.54) is 0 Å². The quantitative estimate of drug-likeness (QED) is 0.541. The van der Waals surface area contributed by atoms with Crippen LogP contribution in [-0.2, 0) is 16.1 Å². The van der Waals surface area contributed by atoms with E-state index in [2.05, 4.69) is 24.5 Å². The van der Waals surface area contributed by atoms with Crippen LogP contribution in [0.25, 0.3) is 0 Å². The molecule has 7 heteroatoms. The first kappa shape index (κ1) is 21.5. The number of hydrogen-bond donors (Lipinski definition) is 2. The third-order valence-corrected chi connectivity index (χ3v) is 7.05. The highest BCUT2D eigenvalue weighted by Gasteiger charge is 2.42.